The largest absolute Gasteiger partial charge is 0.354 e. The van der Waals surface area contributed by atoms with Crippen LogP contribution in [0.25, 0.3) is 0 Å². The molecule has 0 saturated carbocycles. The van der Waals surface area contributed by atoms with Gasteiger partial charge in [0.1, 0.15) is 0 Å². The van der Waals surface area contributed by atoms with Gasteiger partial charge in [0.05, 0.1) is 0 Å². The fourth-order valence-electron chi connectivity index (χ4n) is 2.98. The van der Waals surface area contributed by atoms with Crippen LogP contribution in [-0.2, 0) is 16.6 Å². The van der Waals surface area contributed by atoms with E-state index in [0.717, 1.165) is 18.4 Å². The zero-order valence-corrected chi connectivity index (χ0v) is 14.3. The molecular formula is C20H26N2O. The van der Waals surface area contributed by atoms with Crippen molar-refractivity contribution in [3.05, 3.63) is 66.0 Å². The van der Waals surface area contributed by atoms with Crippen LogP contribution in [0.15, 0.2) is 54.9 Å². The molecule has 0 radical (unpaired) electrons. The third kappa shape index (κ3) is 5.51. The number of aromatic nitrogens is 1. The van der Waals surface area contributed by atoms with Crippen LogP contribution in [0.3, 0.4) is 0 Å². The molecule has 1 atom stereocenters. The van der Waals surface area contributed by atoms with Crippen LogP contribution in [0.4, 0.5) is 0 Å². The molecule has 1 heterocycles. The predicted octanol–water partition coefficient (Wildman–Crippen LogP) is 3.89. The molecule has 1 amide bonds. The second-order valence-electron chi connectivity index (χ2n) is 6.78. The number of benzene rings is 1. The molecule has 0 saturated heterocycles. The highest BCUT2D eigenvalue weighted by atomic mass is 16.1. The lowest BCUT2D eigenvalue weighted by Gasteiger charge is -2.29. The normalized spacial score (nSPS) is 12.7. The first-order valence-corrected chi connectivity index (χ1v) is 8.21. The zero-order chi connectivity index (χ0) is 16.7. The quantitative estimate of drug-likeness (QED) is 0.843. The van der Waals surface area contributed by atoms with Crippen LogP contribution < -0.4 is 5.32 Å². The van der Waals surface area contributed by atoms with Gasteiger partial charge in [-0.25, -0.2) is 0 Å². The summed E-state index contributed by atoms with van der Waals surface area (Å²) in [6.45, 7) is 6.53. The number of nitrogens with one attached hydrogen (secondary N) is 1. The molecule has 0 spiro atoms. The summed E-state index contributed by atoms with van der Waals surface area (Å²) in [5.74, 6) is 0.109. The van der Waals surface area contributed by atoms with Gasteiger partial charge in [0.15, 0.2) is 0 Å². The van der Waals surface area contributed by atoms with Gasteiger partial charge >= 0.3 is 0 Å². The fourth-order valence-corrected chi connectivity index (χ4v) is 2.98. The van der Waals surface area contributed by atoms with E-state index in [1.807, 2.05) is 18.2 Å². The standard InChI is InChI=1S/C20H26N2O/c1-16(15-20(2,3)18-7-5-4-6-8-18)22-19(23)10-9-17-11-13-21-14-12-17/h4-8,11-14,16H,9-10,15H2,1-3H3,(H,22,23)/t16-/m1/s1. The highest BCUT2D eigenvalue weighted by Gasteiger charge is 2.23. The summed E-state index contributed by atoms with van der Waals surface area (Å²) in [5.41, 5.74) is 2.49. The number of carbonyl (C=O) groups is 1. The molecule has 1 N–H and O–H groups in total. The highest BCUT2D eigenvalue weighted by Crippen LogP contribution is 2.28. The minimum absolute atomic E-state index is 0.0407. The molecule has 0 bridgehead atoms. The first-order chi connectivity index (χ1) is 11.0. The minimum atomic E-state index is 0.0407. The average molecular weight is 310 g/mol. The van der Waals surface area contributed by atoms with Crippen molar-refractivity contribution in [1.82, 2.24) is 10.3 Å². The minimum Gasteiger partial charge on any atom is -0.354 e. The lowest BCUT2D eigenvalue weighted by atomic mass is 9.79. The Morgan fingerprint density at radius 1 is 1.13 bits per heavy atom. The van der Waals surface area contributed by atoms with Crippen molar-refractivity contribution < 1.29 is 4.79 Å². The molecule has 1 aromatic carbocycles. The van der Waals surface area contributed by atoms with Gasteiger partial charge in [0, 0.05) is 24.9 Å². The van der Waals surface area contributed by atoms with E-state index in [2.05, 4.69) is 55.3 Å². The van der Waals surface area contributed by atoms with Crippen LogP contribution in [0.5, 0.6) is 0 Å². The van der Waals surface area contributed by atoms with E-state index in [0.29, 0.717) is 6.42 Å². The number of hydrogen-bond acceptors (Lipinski definition) is 2. The first kappa shape index (κ1) is 17.2. The molecule has 2 rings (SSSR count). The van der Waals surface area contributed by atoms with Crippen LogP contribution in [0, 0.1) is 0 Å². The van der Waals surface area contributed by atoms with Crippen molar-refractivity contribution in [3.63, 3.8) is 0 Å². The Morgan fingerprint density at radius 2 is 1.78 bits per heavy atom. The Balaban J connectivity index is 1.82. The van der Waals surface area contributed by atoms with Crippen LogP contribution in [0.2, 0.25) is 0 Å². The summed E-state index contributed by atoms with van der Waals surface area (Å²) in [7, 11) is 0. The SMILES string of the molecule is C[C@H](CC(C)(C)c1ccccc1)NC(=O)CCc1ccncc1. The fraction of sp³-hybridized carbons (Fsp3) is 0.400. The molecule has 0 aliphatic rings. The molecule has 0 fully saturated rings. The number of nitrogens with zero attached hydrogens (tertiary/aromatic N) is 1. The molecule has 23 heavy (non-hydrogen) atoms. The maximum absolute atomic E-state index is 12.1. The molecule has 122 valence electrons. The van der Waals surface area contributed by atoms with E-state index in [9.17, 15) is 4.79 Å². The van der Waals surface area contributed by atoms with E-state index < -0.39 is 0 Å². The van der Waals surface area contributed by atoms with Gasteiger partial charge in [-0.15, -0.1) is 0 Å². The number of amides is 1. The maximum atomic E-state index is 12.1. The Kier molecular flexibility index (Phi) is 5.91. The maximum Gasteiger partial charge on any atom is 0.220 e. The summed E-state index contributed by atoms with van der Waals surface area (Å²) in [5, 5.41) is 3.12. The molecule has 2 aromatic rings. The van der Waals surface area contributed by atoms with E-state index in [1.165, 1.54) is 5.56 Å². The van der Waals surface area contributed by atoms with Gasteiger partial charge in [0.25, 0.3) is 0 Å². The Hall–Kier alpha value is -2.16. The lowest BCUT2D eigenvalue weighted by Crippen LogP contribution is -2.37. The van der Waals surface area contributed by atoms with Crippen LogP contribution in [0.1, 0.15) is 44.7 Å². The number of pyridine rings is 1. The van der Waals surface area contributed by atoms with Crippen LogP contribution in [-0.4, -0.2) is 16.9 Å². The number of aryl methyl sites for hydroxylation is 1. The summed E-state index contributed by atoms with van der Waals surface area (Å²) < 4.78 is 0. The number of carbonyl (C=O) groups excluding carboxylic acids is 1. The summed E-state index contributed by atoms with van der Waals surface area (Å²) in [6, 6.07) is 14.5. The molecule has 0 unspecified atom stereocenters. The highest BCUT2D eigenvalue weighted by molar-refractivity contribution is 5.76. The third-order valence-corrected chi connectivity index (χ3v) is 4.17. The summed E-state index contributed by atoms with van der Waals surface area (Å²) in [4.78, 5) is 16.1. The number of hydrogen-bond donors (Lipinski definition) is 1. The van der Waals surface area contributed by atoms with Crippen molar-refractivity contribution in [2.45, 2.75) is 51.5 Å². The van der Waals surface area contributed by atoms with Gasteiger partial charge in [-0.3, -0.25) is 9.78 Å². The molecular weight excluding hydrogens is 284 g/mol. The van der Waals surface area contributed by atoms with Gasteiger partial charge < -0.3 is 5.32 Å². The topological polar surface area (TPSA) is 42.0 Å². The average Bonchev–Trinajstić information content (AvgIpc) is 2.54. The van der Waals surface area contributed by atoms with Gasteiger partial charge in [-0.2, -0.15) is 0 Å². The first-order valence-electron chi connectivity index (χ1n) is 8.21. The second kappa shape index (κ2) is 7.91. The summed E-state index contributed by atoms with van der Waals surface area (Å²) in [6.07, 6.45) is 5.71. The van der Waals surface area contributed by atoms with Crippen molar-refractivity contribution in [1.29, 1.82) is 0 Å². The molecule has 3 heteroatoms. The third-order valence-electron chi connectivity index (χ3n) is 4.17. The molecule has 3 nitrogen and oxygen atoms in total. The van der Waals surface area contributed by atoms with Gasteiger partial charge in [-0.1, -0.05) is 44.2 Å². The van der Waals surface area contributed by atoms with Crippen molar-refractivity contribution in [2.75, 3.05) is 0 Å². The smallest absolute Gasteiger partial charge is 0.220 e. The van der Waals surface area contributed by atoms with Crippen molar-refractivity contribution in [3.8, 4) is 0 Å². The lowest BCUT2D eigenvalue weighted by molar-refractivity contribution is -0.121. The second-order valence-corrected chi connectivity index (χ2v) is 6.78. The van der Waals surface area contributed by atoms with Crippen LogP contribution >= 0.6 is 0 Å². The zero-order valence-electron chi connectivity index (χ0n) is 14.3. The molecule has 0 aliphatic heterocycles. The van der Waals surface area contributed by atoms with E-state index in [1.54, 1.807) is 12.4 Å². The monoisotopic (exact) mass is 310 g/mol. The van der Waals surface area contributed by atoms with E-state index >= 15 is 0 Å². The predicted molar refractivity (Wildman–Crippen MR) is 94.2 cm³/mol. The van der Waals surface area contributed by atoms with E-state index in [4.69, 9.17) is 0 Å². The number of rotatable bonds is 7. The Labute approximate surface area is 139 Å². The van der Waals surface area contributed by atoms with Crippen molar-refractivity contribution >= 4 is 5.91 Å². The van der Waals surface area contributed by atoms with Crippen molar-refractivity contribution in [2.24, 2.45) is 0 Å². The molecule has 1 aromatic heterocycles. The Bertz CT molecular complexity index is 608. The van der Waals surface area contributed by atoms with Gasteiger partial charge in [0.2, 0.25) is 5.91 Å². The van der Waals surface area contributed by atoms with Gasteiger partial charge in [-0.05, 0) is 48.4 Å². The Morgan fingerprint density at radius 3 is 2.43 bits per heavy atom. The molecule has 0 aliphatic carbocycles. The van der Waals surface area contributed by atoms with E-state index in [-0.39, 0.29) is 17.4 Å². The summed E-state index contributed by atoms with van der Waals surface area (Å²) >= 11 is 0.